The monoisotopic (exact) mass is 301 g/mol. The van der Waals surface area contributed by atoms with Crippen molar-refractivity contribution in [1.29, 1.82) is 0 Å². The Morgan fingerprint density at radius 2 is 1.82 bits per heavy atom. The minimum atomic E-state index is -1.17. The van der Waals surface area contributed by atoms with Gasteiger partial charge in [-0.25, -0.2) is 13.6 Å². The van der Waals surface area contributed by atoms with Gasteiger partial charge in [0.05, 0.1) is 17.5 Å². The van der Waals surface area contributed by atoms with Crippen LogP contribution in [0, 0.1) is 11.6 Å². The molecule has 6 heteroatoms. The van der Waals surface area contributed by atoms with Crippen LogP contribution in [0.25, 0.3) is 22.0 Å². The molecule has 0 radical (unpaired) electrons. The maximum Gasteiger partial charge on any atom is 0.335 e. The number of fused-ring (bicyclic) bond motifs is 1. The molecule has 0 bridgehead atoms. The SMILES string of the molecule is O=C(O)c1ccc2c(F)cnc(-c3ccc(F)cc3O)c2c1. The molecular weight excluding hydrogens is 292 g/mol. The lowest BCUT2D eigenvalue weighted by Gasteiger charge is -2.09. The van der Waals surface area contributed by atoms with Gasteiger partial charge in [-0.1, -0.05) is 6.07 Å². The zero-order valence-electron chi connectivity index (χ0n) is 11.0. The molecule has 0 unspecified atom stereocenters. The predicted molar refractivity (Wildman–Crippen MR) is 75.7 cm³/mol. The number of halogens is 2. The van der Waals surface area contributed by atoms with Crippen molar-refractivity contribution in [2.24, 2.45) is 0 Å². The molecule has 2 N–H and O–H groups in total. The first kappa shape index (κ1) is 13.9. The molecule has 0 aliphatic rings. The standard InChI is InChI=1S/C16H9F2NO3/c17-9-2-4-11(14(20)6-9)15-12-5-8(16(21)22)1-3-10(12)13(18)7-19-15/h1-7,20H,(H,21,22). The van der Waals surface area contributed by atoms with Crippen LogP contribution in [-0.2, 0) is 0 Å². The third-order valence-electron chi connectivity index (χ3n) is 3.30. The van der Waals surface area contributed by atoms with Gasteiger partial charge in [-0.05, 0) is 24.3 Å². The molecule has 0 amide bonds. The average Bonchev–Trinajstić information content (AvgIpc) is 2.48. The van der Waals surface area contributed by atoms with Gasteiger partial charge in [0.2, 0.25) is 0 Å². The number of carboxylic acid groups (broad SMARTS) is 1. The molecule has 3 rings (SSSR count). The fourth-order valence-electron chi connectivity index (χ4n) is 2.26. The van der Waals surface area contributed by atoms with Gasteiger partial charge in [0.1, 0.15) is 17.4 Å². The van der Waals surface area contributed by atoms with E-state index in [1.54, 1.807) is 0 Å². The molecule has 0 saturated heterocycles. The molecule has 0 aliphatic carbocycles. The number of carboxylic acids is 1. The van der Waals surface area contributed by atoms with Crippen LogP contribution in [0.5, 0.6) is 5.75 Å². The lowest BCUT2D eigenvalue weighted by Crippen LogP contribution is -1.98. The minimum absolute atomic E-state index is 0.0391. The largest absolute Gasteiger partial charge is 0.507 e. The van der Waals surface area contributed by atoms with Gasteiger partial charge >= 0.3 is 5.97 Å². The average molecular weight is 301 g/mol. The maximum absolute atomic E-state index is 13.8. The molecule has 0 atom stereocenters. The number of carbonyl (C=O) groups is 1. The van der Waals surface area contributed by atoms with Crippen LogP contribution in [0.1, 0.15) is 10.4 Å². The van der Waals surface area contributed by atoms with E-state index in [0.29, 0.717) is 0 Å². The van der Waals surface area contributed by atoms with Crippen molar-refractivity contribution in [2.75, 3.05) is 0 Å². The van der Waals surface area contributed by atoms with Crippen molar-refractivity contribution in [1.82, 2.24) is 4.98 Å². The van der Waals surface area contributed by atoms with Crippen LogP contribution >= 0.6 is 0 Å². The lowest BCUT2D eigenvalue weighted by molar-refractivity contribution is 0.0697. The van der Waals surface area contributed by atoms with Gasteiger partial charge < -0.3 is 10.2 Å². The van der Waals surface area contributed by atoms with E-state index < -0.39 is 17.6 Å². The van der Waals surface area contributed by atoms with Crippen LogP contribution in [0.4, 0.5) is 8.78 Å². The molecule has 0 saturated carbocycles. The zero-order chi connectivity index (χ0) is 15.9. The van der Waals surface area contributed by atoms with E-state index in [2.05, 4.69) is 4.98 Å². The van der Waals surface area contributed by atoms with Gasteiger partial charge in [-0.15, -0.1) is 0 Å². The molecule has 4 nitrogen and oxygen atoms in total. The summed E-state index contributed by atoms with van der Waals surface area (Å²) in [7, 11) is 0. The molecule has 22 heavy (non-hydrogen) atoms. The normalized spacial score (nSPS) is 10.8. The highest BCUT2D eigenvalue weighted by molar-refractivity contribution is 6.00. The molecule has 1 heterocycles. The van der Waals surface area contributed by atoms with Crippen LogP contribution in [0.3, 0.4) is 0 Å². The Labute approximate surface area is 123 Å². The molecule has 0 spiro atoms. The van der Waals surface area contributed by atoms with Crippen LogP contribution in [-0.4, -0.2) is 21.2 Å². The van der Waals surface area contributed by atoms with Crippen molar-refractivity contribution in [3.63, 3.8) is 0 Å². The first-order valence-electron chi connectivity index (χ1n) is 6.28. The molecule has 1 aromatic heterocycles. The number of aromatic carboxylic acids is 1. The summed E-state index contributed by atoms with van der Waals surface area (Å²) in [6.07, 6.45) is 0.973. The molecule has 2 aromatic carbocycles. The second-order valence-corrected chi connectivity index (χ2v) is 4.68. The van der Waals surface area contributed by atoms with Crippen molar-refractivity contribution in [2.45, 2.75) is 0 Å². The zero-order valence-corrected chi connectivity index (χ0v) is 11.0. The number of rotatable bonds is 2. The Kier molecular flexibility index (Phi) is 3.21. The van der Waals surface area contributed by atoms with Crippen LogP contribution in [0.2, 0.25) is 0 Å². The van der Waals surface area contributed by atoms with Crippen molar-refractivity contribution >= 4 is 16.7 Å². The lowest BCUT2D eigenvalue weighted by atomic mass is 10.0. The third kappa shape index (κ3) is 2.24. The molecule has 110 valence electrons. The van der Waals surface area contributed by atoms with Gasteiger partial charge in [0.25, 0.3) is 0 Å². The number of hydrogen-bond acceptors (Lipinski definition) is 3. The van der Waals surface area contributed by atoms with E-state index in [9.17, 15) is 18.7 Å². The second kappa shape index (κ2) is 5.07. The summed E-state index contributed by atoms with van der Waals surface area (Å²) >= 11 is 0. The number of pyridine rings is 1. The fraction of sp³-hybridized carbons (Fsp3) is 0. The van der Waals surface area contributed by atoms with Crippen molar-refractivity contribution in [3.8, 4) is 17.0 Å². The summed E-state index contributed by atoms with van der Waals surface area (Å²) in [6.45, 7) is 0. The minimum Gasteiger partial charge on any atom is -0.507 e. The summed E-state index contributed by atoms with van der Waals surface area (Å²) in [5, 5.41) is 19.3. The first-order chi connectivity index (χ1) is 10.5. The Morgan fingerprint density at radius 1 is 1.05 bits per heavy atom. The smallest absolute Gasteiger partial charge is 0.335 e. The maximum atomic E-state index is 13.8. The van der Waals surface area contributed by atoms with Gasteiger partial charge in [0, 0.05) is 22.4 Å². The highest BCUT2D eigenvalue weighted by Gasteiger charge is 2.15. The van der Waals surface area contributed by atoms with E-state index in [-0.39, 0.29) is 33.3 Å². The van der Waals surface area contributed by atoms with Crippen LogP contribution < -0.4 is 0 Å². The predicted octanol–water partition coefficient (Wildman–Crippen LogP) is 3.58. The third-order valence-corrected chi connectivity index (χ3v) is 3.30. The summed E-state index contributed by atoms with van der Waals surface area (Å²) in [6, 6.07) is 7.23. The number of benzene rings is 2. The van der Waals surface area contributed by atoms with E-state index in [0.717, 1.165) is 18.3 Å². The van der Waals surface area contributed by atoms with Gasteiger partial charge in [-0.3, -0.25) is 4.98 Å². The van der Waals surface area contributed by atoms with Crippen molar-refractivity contribution in [3.05, 3.63) is 59.8 Å². The fourth-order valence-corrected chi connectivity index (χ4v) is 2.26. The summed E-state index contributed by atoms with van der Waals surface area (Å²) in [5.74, 6) is -2.77. The molecular formula is C16H9F2NO3. The number of aromatic hydroxyl groups is 1. The highest BCUT2D eigenvalue weighted by Crippen LogP contribution is 2.34. The second-order valence-electron chi connectivity index (χ2n) is 4.68. The number of aromatic nitrogens is 1. The van der Waals surface area contributed by atoms with Gasteiger partial charge in [-0.2, -0.15) is 0 Å². The topological polar surface area (TPSA) is 70.4 Å². The Hall–Kier alpha value is -3.02. The Bertz CT molecular complexity index is 909. The van der Waals surface area contributed by atoms with Crippen molar-refractivity contribution < 1.29 is 23.8 Å². The number of phenolic OH excluding ortho intramolecular Hbond substituents is 1. The molecule has 3 aromatic rings. The number of phenols is 1. The van der Waals surface area contributed by atoms with E-state index in [1.807, 2.05) is 0 Å². The molecule has 0 fully saturated rings. The van der Waals surface area contributed by atoms with E-state index in [1.165, 1.54) is 24.3 Å². The Balaban J connectivity index is 2.35. The number of hydrogen-bond donors (Lipinski definition) is 2. The van der Waals surface area contributed by atoms with E-state index >= 15 is 0 Å². The summed E-state index contributed by atoms with van der Waals surface area (Å²) < 4.78 is 26.9. The van der Waals surface area contributed by atoms with Gasteiger partial charge in [0.15, 0.2) is 0 Å². The first-order valence-corrected chi connectivity index (χ1v) is 6.28. The summed E-state index contributed by atoms with van der Waals surface area (Å²) in [5.41, 5.74) is 0.327. The number of nitrogens with zero attached hydrogens (tertiary/aromatic N) is 1. The van der Waals surface area contributed by atoms with Crippen LogP contribution in [0.15, 0.2) is 42.6 Å². The van der Waals surface area contributed by atoms with E-state index in [4.69, 9.17) is 5.11 Å². The Morgan fingerprint density at radius 3 is 2.50 bits per heavy atom. The summed E-state index contributed by atoms with van der Waals surface area (Å²) in [4.78, 5) is 15.0. The molecule has 0 aliphatic heterocycles. The highest BCUT2D eigenvalue weighted by atomic mass is 19.1. The quantitative estimate of drug-likeness (QED) is 0.759.